The van der Waals surface area contributed by atoms with Crippen LogP contribution in [0.3, 0.4) is 0 Å². The number of hydrogen-bond acceptors (Lipinski definition) is 3. The zero-order valence-electron chi connectivity index (χ0n) is 7.58. The van der Waals surface area contributed by atoms with Crippen LogP contribution in [0.25, 0.3) is 0 Å². The first-order valence-electron chi connectivity index (χ1n) is 4.65. The zero-order chi connectivity index (χ0) is 8.97. The minimum absolute atomic E-state index is 0.0974. The van der Waals surface area contributed by atoms with Crippen molar-refractivity contribution in [3.05, 3.63) is 0 Å². The number of esters is 1. The van der Waals surface area contributed by atoms with Crippen molar-refractivity contribution in [2.75, 3.05) is 6.61 Å². The van der Waals surface area contributed by atoms with E-state index in [1.165, 1.54) is 0 Å². The largest absolute Gasteiger partial charge is 0.466 e. The van der Waals surface area contributed by atoms with Gasteiger partial charge in [0.15, 0.2) is 0 Å². The highest BCUT2D eigenvalue weighted by Crippen LogP contribution is 2.26. The number of ether oxygens (including phenoxy) is 1. The first kappa shape index (κ1) is 9.52. The third kappa shape index (κ3) is 2.48. The van der Waals surface area contributed by atoms with E-state index in [-0.39, 0.29) is 12.0 Å². The fourth-order valence-electron chi connectivity index (χ4n) is 1.75. The molecule has 2 N–H and O–H groups in total. The number of hydrogen-bond donors (Lipinski definition) is 1. The summed E-state index contributed by atoms with van der Waals surface area (Å²) in [5.74, 6) is 0.267. The summed E-state index contributed by atoms with van der Waals surface area (Å²) in [6, 6.07) is 0.217. The number of carbonyl (C=O) groups excluding carboxylic acids is 1. The van der Waals surface area contributed by atoms with Crippen molar-refractivity contribution in [3.8, 4) is 0 Å². The number of rotatable bonds is 3. The summed E-state index contributed by atoms with van der Waals surface area (Å²) in [4.78, 5) is 11.1. The molecule has 0 spiro atoms. The maximum atomic E-state index is 11.1. The topological polar surface area (TPSA) is 52.3 Å². The molecule has 1 fully saturated rings. The maximum Gasteiger partial charge on any atom is 0.306 e. The summed E-state index contributed by atoms with van der Waals surface area (Å²) in [6.07, 6.45) is 3.81. The Labute approximate surface area is 73.3 Å². The second kappa shape index (κ2) is 4.45. The van der Waals surface area contributed by atoms with E-state index in [1.54, 1.807) is 0 Å². The highest BCUT2D eigenvalue weighted by atomic mass is 16.5. The molecule has 0 aromatic rings. The fraction of sp³-hybridized carbons (Fsp3) is 0.889. The molecule has 0 heterocycles. The molecule has 3 nitrogen and oxygen atoms in total. The van der Waals surface area contributed by atoms with Crippen molar-refractivity contribution in [2.45, 2.75) is 38.6 Å². The van der Waals surface area contributed by atoms with Gasteiger partial charge in [-0.1, -0.05) is 6.42 Å². The van der Waals surface area contributed by atoms with Crippen LogP contribution in [0, 0.1) is 5.92 Å². The molecule has 0 saturated heterocycles. The minimum Gasteiger partial charge on any atom is -0.466 e. The second-order valence-corrected chi connectivity index (χ2v) is 3.36. The van der Waals surface area contributed by atoms with Gasteiger partial charge in [-0.05, 0) is 25.7 Å². The van der Waals surface area contributed by atoms with Gasteiger partial charge in [0.1, 0.15) is 0 Å². The molecule has 1 rings (SSSR count). The van der Waals surface area contributed by atoms with E-state index in [0.717, 1.165) is 19.3 Å². The summed E-state index contributed by atoms with van der Waals surface area (Å²) in [6.45, 7) is 2.30. The van der Waals surface area contributed by atoms with Gasteiger partial charge in [0.25, 0.3) is 0 Å². The van der Waals surface area contributed by atoms with Gasteiger partial charge in [-0.15, -0.1) is 0 Å². The molecule has 0 aromatic carbocycles. The predicted octanol–water partition coefficient (Wildman–Crippen LogP) is 1.07. The molecule has 0 aromatic heterocycles. The summed E-state index contributed by atoms with van der Waals surface area (Å²) in [7, 11) is 0. The van der Waals surface area contributed by atoms with Crippen LogP contribution in [0.4, 0.5) is 0 Å². The molecule has 1 saturated carbocycles. The molecular weight excluding hydrogens is 154 g/mol. The van der Waals surface area contributed by atoms with E-state index in [4.69, 9.17) is 10.5 Å². The van der Waals surface area contributed by atoms with Crippen molar-refractivity contribution in [3.63, 3.8) is 0 Å². The van der Waals surface area contributed by atoms with E-state index in [0.29, 0.717) is 18.9 Å². The van der Waals surface area contributed by atoms with E-state index >= 15 is 0 Å². The minimum atomic E-state index is -0.0974. The van der Waals surface area contributed by atoms with E-state index in [1.807, 2.05) is 6.92 Å². The van der Waals surface area contributed by atoms with Crippen LogP contribution in [0.1, 0.15) is 32.6 Å². The first-order valence-corrected chi connectivity index (χ1v) is 4.65. The van der Waals surface area contributed by atoms with Crippen LogP contribution >= 0.6 is 0 Å². The van der Waals surface area contributed by atoms with Crippen molar-refractivity contribution >= 4 is 5.97 Å². The molecule has 12 heavy (non-hydrogen) atoms. The summed E-state index contributed by atoms with van der Waals surface area (Å²) >= 11 is 0. The number of carbonyl (C=O) groups is 1. The third-order valence-corrected chi connectivity index (χ3v) is 2.45. The molecule has 0 amide bonds. The smallest absolute Gasteiger partial charge is 0.306 e. The highest BCUT2D eigenvalue weighted by molar-refractivity contribution is 5.69. The third-order valence-electron chi connectivity index (χ3n) is 2.45. The lowest BCUT2D eigenvalue weighted by Crippen LogP contribution is -2.26. The standard InChI is InChI=1S/C9H17NO2/c1-2-12-9(11)6-7-4-3-5-8(7)10/h7-8H,2-6,10H2,1H3/t7-,8+/m0/s1. The molecule has 1 aliphatic carbocycles. The van der Waals surface area contributed by atoms with Crippen LogP contribution < -0.4 is 5.73 Å². The van der Waals surface area contributed by atoms with E-state index in [9.17, 15) is 4.79 Å². The Morgan fingerprint density at radius 1 is 1.58 bits per heavy atom. The monoisotopic (exact) mass is 171 g/mol. The van der Waals surface area contributed by atoms with Crippen LogP contribution in [-0.2, 0) is 9.53 Å². The molecule has 0 radical (unpaired) electrons. The average molecular weight is 171 g/mol. The van der Waals surface area contributed by atoms with Gasteiger partial charge in [0.2, 0.25) is 0 Å². The van der Waals surface area contributed by atoms with Crippen molar-refractivity contribution in [1.29, 1.82) is 0 Å². The van der Waals surface area contributed by atoms with Gasteiger partial charge in [0, 0.05) is 12.5 Å². The van der Waals surface area contributed by atoms with Crippen LogP contribution in [0.15, 0.2) is 0 Å². The van der Waals surface area contributed by atoms with Crippen LogP contribution in [0.5, 0.6) is 0 Å². The summed E-state index contributed by atoms with van der Waals surface area (Å²) in [5.41, 5.74) is 5.82. The zero-order valence-corrected chi connectivity index (χ0v) is 7.58. The van der Waals surface area contributed by atoms with Gasteiger partial charge >= 0.3 is 5.97 Å². The Hall–Kier alpha value is -0.570. The Bertz CT molecular complexity index is 159. The summed E-state index contributed by atoms with van der Waals surface area (Å²) in [5, 5.41) is 0. The molecular formula is C9H17NO2. The van der Waals surface area contributed by atoms with Crippen LogP contribution in [-0.4, -0.2) is 18.6 Å². The quantitative estimate of drug-likeness (QED) is 0.646. The SMILES string of the molecule is CCOC(=O)C[C@@H]1CCC[C@H]1N. The highest BCUT2D eigenvalue weighted by Gasteiger charge is 2.26. The Morgan fingerprint density at radius 3 is 2.83 bits per heavy atom. The summed E-state index contributed by atoms with van der Waals surface area (Å²) < 4.78 is 4.86. The second-order valence-electron chi connectivity index (χ2n) is 3.36. The van der Waals surface area contributed by atoms with Gasteiger partial charge in [-0.25, -0.2) is 0 Å². The molecule has 0 aliphatic heterocycles. The van der Waals surface area contributed by atoms with E-state index < -0.39 is 0 Å². The predicted molar refractivity (Wildman–Crippen MR) is 46.6 cm³/mol. The maximum absolute atomic E-state index is 11.1. The van der Waals surface area contributed by atoms with Crippen molar-refractivity contribution in [1.82, 2.24) is 0 Å². The molecule has 0 unspecified atom stereocenters. The molecule has 1 aliphatic rings. The van der Waals surface area contributed by atoms with E-state index in [2.05, 4.69) is 0 Å². The Kier molecular flexibility index (Phi) is 3.53. The van der Waals surface area contributed by atoms with Crippen molar-refractivity contribution < 1.29 is 9.53 Å². The van der Waals surface area contributed by atoms with Gasteiger partial charge < -0.3 is 10.5 Å². The number of nitrogens with two attached hydrogens (primary N) is 1. The Balaban J connectivity index is 2.25. The van der Waals surface area contributed by atoms with Gasteiger partial charge in [-0.3, -0.25) is 4.79 Å². The lowest BCUT2D eigenvalue weighted by molar-refractivity contribution is -0.144. The van der Waals surface area contributed by atoms with Crippen LogP contribution in [0.2, 0.25) is 0 Å². The Morgan fingerprint density at radius 2 is 2.33 bits per heavy atom. The molecule has 70 valence electrons. The van der Waals surface area contributed by atoms with Crippen molar-refractivity contribution in [2.24, 2.45) is 11.7 Å². The average Bonchev–Trinajstić information content (AvgIpc) is 2.37. The molecule has 3 heteroatoms. The van der Waals surface area contributed by atoms with Gasteiger partial charge in [0.05, 0.1) is 6.61 Å². The van der Waals surface area contributed by atoms with Gasteiger partial charge in [-0.2, -0.15) is 0 Å². The first-order chi connectivity index (χ1) is 5.74. The lowest BCUT2D eigenvalue weighted by Gasteiger charge is -2.13. The molecule has 2 atom stereocenters. The molecule has 0 bridgehead atoms. The fourth-order valence-corrected chi connectivity index (χ4v) is 1.75. The lowest BCUT2D eigenvalue weighted by atomic mass is 10.0. The normalized spacial score (nSPS) is 28.8.